The van der Waals surface area contributed by atoms with E-state index in [1.165, 1.54) is 38.5 Å². The molecule has 0 aliphatic carbocycles. The van der Waals surface area contributed by atoms with Crippen molar-refractivity contribution >= 4 is 15.9 Å². The van der Waals surface area contributed by atoms with Crippen LogP contribution in [0.1, 0.15) is 51.9 Å². The molecule has 0 saturated carbocycles. The predicted molar refractivity (Wildman–Crippen MR) is 60.9 cm³/mol. The molecule has 0 aromatic rings. The highest BCUT2D eigenvalue weighted by Crippen LogP contribution is 2.13. The molecule has 0 aliphatic rings. The van der Waals surface area contributed by atoms with Crippen LogP contribution in [0.25, 0.3) is 0 Å². The van der Waals surface area contributed by atoms with Gasteiger partial charge in [-0.2, -0.15) is 5.26 Å². The fourth-order valence-electron chi connectivity index (χ4n) is 1.35. The van der Waals surface area contributed by atoms with Crippen LogP contribution >= 0.6 is 15.9 Å². The Bertz CT molecular complexity index is 140. The summed E-state index contributed by atoms with van der Waals surface area (Å²) in [5.74, 6) is 0.228. The summed E-state index contributed by atoms with van der Waals surface area (Å²) >= 11 is 3.35. The van der Waals surface area contributed by atoms with E-state index >= 15 is 0 Å². The van der Waals surface area contributed by atoms with E-state index in [4.69, 9.17) is 5.26 Å². The van der Waals surface area contributed by atoms with Gasteiger partial charge in [0.2, 0.25) is 0 Å². The van der Waals surface area contributed by atoms with Crippen molar-refractivity contribution in [2.75, 3.05) is 5.33 Å². The average Bonchev–Trinajstić information content (AvgIpc) is 2.17. The molecule has 0 amide bonds. The van der Waals surface area contributed by atoms with Crippen LogP contribution < -0.4 is 0 Å². The second-order valence-electron chi connectivity index (χ2n) is 3.54. The molecule has 0 aliphatic heterocycles. The third-order valence-electron chi connectivity index (χ3n) is 2.27. The third-order valence-corrected chi connectivity index (χ3v) is 3.06. The molecule has 0 bridgehead atoms. The van der Waals surface area contributed by atoms with Gasteiger partial charge in [-0.25, -0.2) is 0 Å². The molecule has 0 heterocycles. The lowest BCUT2D eigenvalue weighted by Crippen LogP contribution is -1.97. The maximum atomic E-state index is 8.69. The summed E-state index contributed by atoms with van der Waals surface area (Å²) < 4.78 is 0. The number of hydrogen-bond acceptors (Lipinski definition) is 1. The topological polar surface area (TPSA) is 23.8 Å². The van der Waals surface area contributed by atoms with Gasteiger partial charge < -0.3 is 0 Å². The first-order chi connectivity index (χ1) is 6.35. The molecule has 0 radical (unpaired) electrons. The summed E-state index contributed by atoms with van der Waals surface area (Å²) in [6, 6.07) is 2.31. The predicted octanol–water partition coefficient (Wildman–Crippen LogP) is 4.27. The molecule has 2 heteroatoms. The maximum Gasteiger partial charge on any atom is 0.0664 e. The molecule has 0 rings (SSSR count). The molecule has 1 unspecified atom stereocenters. The number of nitriles is 1. The van der Waals surface area contributed by atoms with E-state index < -0.39 is 0 Å². The zero-order valence-electron chi connectivity index (χ0n) is 8.56. The number of hydrogen-bond donors (Lipinski definition) is 0. The smallest absolute Gasteiger partial charge is 0.0664 e. The molecule has 13 heavy (non-hydrogen) atoms. The standard InChI is InChI=1S/C11H20BrN/c1-2-3-4-5-6-7-8-11(9-12)10-13/h11H,2-9H2,1H3. The summed E-state index contributed by atoms with van der Waals surface area (Å²) in [7, 11) is 0. The van der Waals surface area contributed by atoms with Crippen molar-refractivity contribution in [1.29, 1.82) is 5.26 Å². The van der Waals surface area contributed by atoms with Gasteiger partial charge >= 0.3 is 0 Å². The van der Waals surface area contributed by atoms with E-state index in [0.717, 1.165) is 11.8 Å². The number of alkyl halides is 1. The van der Waals surface area contributed by atoms with E-state index in [0.29, 0.717) is 0 Å². The first kappa shape index (κ1) is 13.0. The van der Waals surface area contributed by atoms with E-state index in [9.17, 15) is 0 Å². The largest absolute Gasteiger partial charge is 0.198 e. The average molecular weight is 246 g/mol. The Balaban J connectivity index is 3.11. The third kappa shape index (κ3) is 8.30. The zero-order valence-corrected chi connectivity index (χ0v) is 10.1. The van der Waals surface area contributed by atoms with Crippen molar-refractivity contribution in [3.05, 3.63) is 0 Å². The van der Waals surface area contributed by atoms with Gasteiger partial charge in [0.25, 0.3) is 0 Å². The maximum absolute atomic E-state index is 8.69. The van der Waals surface area contributed by atoms with E-state index in [1.54, 1.807) is 0 Å². The molecule has 0 fully saturated rings. The van der Waals surface area contributed by atoms with Gasteiger partial charge in [0.1, 0.15) is 0 Å². The number of halogens is 1. The number of rotatable bonds is 8. The summed E-state index contributed by atoms with van der Waals surface area (Å²) in [6.07, 6.45) is 8.95. The minimum Gasteiger partial charge on any atom is -0.198 e. The Morgan fingerprint density at radius 3 is 2.31 bits per heavy atom. The highest BCUT2D eigenvalue weighted by atomic mass is 79.9. The molecular weight excluding hydrogens is 226 g/mol. The lowest BCUT2D eigenvalue weighted by molar-refractivity contribution is 0.553. The fourth-order valence-corrected chi connectivity index (χ4v) is 1.82. The summed E-state index contributed by atoms with van der Waals surface area (Å²) in [5.41, 5.74) is 0. The quantitative estimate of drug-likeness (QED) is 0.463. The molecule has 1 atom stereocenters. The van der Waals surface area contributed by atoms with E-state index in [-0.39, 0.29) is 5.92 Å². The van der Waals surface area contributed by atoms with E-state index in [2.05, 4.69) is 28.9 Å². The first-order valence-corrected chi connectivity index (χ1v) is 6.42. The Morgan fingerprint density at radius 1 is 1.15 bits per heavy atom. The van der Waals surface area contributed by atoms with Gasteiger partial charge in [-0.3, -0.25) is 0 Å². The number of unbranched alkanes of at least 4 members (excludes halogenated alkanes) is 5. The van der Waals surface area contributed by atoms with Crippen molar-refractivity contribution in [3.8, 4) is 6.07 Å². The molecular formula is C11H20BrN. The lowest BCUT2D eigenvalue weighted by Gasteiger charge is -2.04. The molecule has 1 nitrogen and oxygen atoms in total. The summed E-state index contributed by atoms with van der Waals surface area (Å²) in [4.78, 5) is 0. The van der Waals surface area contributed by atoms with Crippen LogP contribution in [0.3, 0.4) is 0 Å². The molecule has 0 aromatic carbocycles. The molecule has 0 spiro atoms. The van der Waals surface area contributed by atoms with Gasteiger partial charge in [-0.15, -0.1) is 0 Å². The van der Waals surface area contributed by atoms with Gasteiger partial charge in [-0.05, 0) is 6.42 Å². The molecule has 0 aromatic heterocycles. The highest BCUT2D eigenvalue weighted by Gasteiger charge is 2.03. The van der Waals surface area contributed by atoms with Crippen molar-refractivity contribution in [2.45, 2.75) is 51.9 Å². The molecule has 0 N–H and O–H groups in total. The van der Waals surface area contributed by atoms with Crippen molar-refractivity contribution < 1.29 is 0 Å². The second-order valence-corrected chi connectivity index (χ2v) is 4.18. The molecule has 76 valence electrons. The molecule has 0 saturated heterocycles. The monoisotopic (exact) mass is 245 g/mol. The highest BCUT2D eigenvalue weighted by molar-refractivity contribution is 9.09. The van der Waals surface area contributed by atoms with Crippen LogP contribution in [-0.2, 0) is 0 Å². The Morgan fingerprint density at radius 2 is 1.77 bits per heavy atom. The van der Waals surface area contributed by atoms with Crippen LogP contribution in [0.15, 0.2) is 0 Å². The van der Waals surface area contributed by atoms with Crippen LogP contribution in [0.2, 0.25) is 0 Å². The lowest BCUT2D eigenvalue weighted by atomic mass is 10.0. The Labute approximate surface area is 90.6 Å². The summed E-state index contributed by atoms with van der Waals surface area (Å²) in [5, 5.41) is 9.52. The minimum absolute atomic E-state index is 0.228. The van der Waals surface area contributed by atoms with Gasteiger partial charge in [0, 0.05) is 5.33 Å². The van der Waals surface area contributed by atoms with Crippen LogP contribution in [-0.4, -0.2) is 5.33 Å². The number of nitrogens with zero attached hydrogens (tertiary/aromatic N) is 1. The Hall–Kier alpha value is -0.0300. The van der Waals surface area contributed by atoms with Crippen LogP contribution in [0, 0.1) is 17.2 Å². The van der Waals surface area contributed by atoms with Crippen molar-refractivity contribution in [1.82, 2.24) is 0 Å². The van der Waals surface area contributed by atoms with Crippen LogP contribution in [0.5, 0.6) is 0 Å². The summed E-state index contributed by atoms with van der Waals surface area (Å²) in [6.45, 7) is 2.23. The van der Waals surface area contributed by atoms with Gasteiger partial charge in [-0.1, -0.05) is 61.4 Å². The normalized spacial score (nSPS) is 12.4. The van der Waals surface area contributed by atoms with Gasteiger partial charge in [0.05, 0.1) is 12.0 Å². The van der Waals surface area contributed by atoms with E-state index in [1.807, 2.05) is 0 Å². The first-order valence-electron chi connectivity index (χ1n) is 5.30. The van der Waals surface area contributed by atoms with Gasteiger partial charge in [0.15, 0.2) is 0 Å². The minimum atomic E-state index is 0.228. The SMILES string of the molecule is CCCCCCCCC(C#N)CBr. The van der Waals surface area contributed by atoms with Crippen molar-refractivity contribution in [3.63, 3.8) is 0 Å². The Kier molecular flexibility index (Phi) is 10.0. The fraction of sp³-hybridized carbons (Fsp3) is 0.909. The zero-order chi connectivity index (χ0) is 9.94. The second kappa shape index (κ2) is 10.1. The van der Waals surface area contributed by atoms with Crippen molar-refractivity contribution in [2.24, 2.45) is 5.92 Å². The van der Waals surface area contributed by atoms with Crippen LogP contribution in [0.4, 0.5) is 0 Å².